The van der Waals surface area contributed by atoms with E-state index in [9.17, 15) is 0 Å². The van der Waals surface area contributed by atoms with Crippen LogP contribution in [0.4, 0.5) is 0 Å². The molecule has 0 aromatic rings. The average molecular weight is 205 g/mol. The second kappa shape index (κ2) is 4.57. The van der Waals surface area contributed by atoms with Gasteiger partial charge >= 0.3 is 0 Å². The quantitative estimate of drug-likeness (QED) is 0.378. The van der Waals surface area contributed by atoms with Crippen LogP contribution in [0, 0.1) is 0 Å². The van der Waals surface area contributed by atoms with Crippen molar-refractivity contribution in [2.24, 2.45) is 0 Å². The zero-order chi connectivity index (χ0) is 9.10. The number of hydrogen-bond acceptors (Lipinski definition) is 4. The summed E-state index contributed by atoms with van der Waals surface area (Å²) in [6, 6.07) is 0. The van der Waals surface area contributed by atoms with E-state index >= 15 is 0 Å². The van der Waals surface area contributed by atoms with Crippen LogP contribution in [-0.2, 0) is 0 Å². The molecule has 2 fully saturated rings. The number of piperazine rings is 2. The van der Waals surface area contributed by atoms with Crippen LogP contribution in [0.15, 0.2) is 0 Å². The van der Waals surface area contributed by atoms with Crippen molar-refractivity contribution >= 4 is 11.6 Å². The summed E-state index contributed by atoms with van der Waals surface area (Å²) in [7, 11) is 0. The summed E-state index contributed by atoms with van der Waals surface area (Å²) in [4.78, 5) is 2.40. The molecule has 2 rings (SSSR count). The highest BCUT2D eigenvalue weighted by atomic mass is 35.5. The number of nitrogens with one attached hydrogen (secondary N) is 3. The molecule has 2 atom stereocenters. The summed E-state index contributed by atoms with van der Waals surface area (Å²) in [5.74, 6) is 0. The lowest BCUT2D eigenvalue weighted by Gasteiger charge is -2.40. The van der Waals surface area contributed by atoms with Gasteiger partial charge < -0.3 is 5.32 Å². The van der Waals surface area contributed by atoms with Gasteiger partial charge in [-0.05, 0) is 0 Å². The first kappa shape index (κ1) is 9.68. The van der Waals surface area contributed by atoms with Crippen LogP contribution in [0.3, 0.4) is 0 Å². The van der Waals surface area contributed by atoms with Gasteiger partial charge in [0.1, 0.15) is 5.50 Å². The predicted octanol–water partition coefficient (Wildman–Crippen LogP) is -1.02. The Morgan fingerprint density at radius 2 is 1.69 bits per heavy atom. The zero-order valence-corrected chi connectivity index (χ0v) is 8.48. The molecule has 3 N–H and O–H groups in total. The van der Waals surface area contributed by atoms with Gasteiger partial charge in [0.15, 0.2) is 0 Å². The molecule has 0 aromatic heterocycles. The Morgan fingerprint density at radius 1 is 1.00 bits per heavy atom. The van der Waals surface area contributed by atoms with E-state index in [2.05, 4.69) is 20.9 Å². The minimum Gasteiger partial charge on any atom is -0.314 e. The van der Waals surface area contributed by atoms with E-state index in [1.54, 1.807) is 0 Å². The van der Waals surface area contributed by atoms with E-state index < -0.39 is 0 Å². The topological polar surface area (TPSA) is 39.3 Å². The summed E-state index contributed by atoms with van der Waals surface area (Å²) >= 11 is 6.18. The lowest BCUT2D eigenvalue weighted by molar-refractivity contribution is 0.120. The van der Waals surface area contributed by atoms with E-state index in [1.165, 1.54) is 0 Å². The van der Waals surface area contributed by atoms with E-state index in [1.807, 2.05) is 0 Å². The van der Waals surface area contributed by atoms with Crippen molar-refractivity contribution in [2.45, 2.75) is 11.7 Å². The fourth-order valence-electron chi connectivity index (χ4n) is 1.92. The molecule has 13 heavy (non-hydrogen) atoms. The molecule has 0 amide bonds. The summed E-state index contributed by atoms with van der Waals surface area (Å²) in [5, 5.41) is 10.0. The summed E-state index contributed by atoms with van der Waals surface area (Å²) in [6.07, 6.45) is 0.303. The molecule has 2 saturated heterocycles. The minimum atomic E-state index is 0.0480. The highest BCUT2D eigenvalue weighted by Crippen LogP contribution is 2.09. The van der Waals surface area contributed by atoms with Gasteiger partial charge in [0.2, 0.25) is 0 Å². The van der Waals surface area contributed by atoms with Gasteiger partial charge in [-0.3, -0.25) is 15.5 Å². The van der Waals surface area contributed by atoms with Crippen LogP contribution in [0.1, 0.15) is 0 Å². The van der Waals surface area contributed by atoms with Gasteiger partial charge in [0, 0.05) is 39.3 Å². The van der Waals surface area contributed by atoms with Gasteiger partial charge in [-0.2, -0.15) is 0 Å². The Hall–Kier alpha value is 0.130. The molecule has 0 bridgehead atoms. The highest BCUT2D eigenvalue weighted by Gasteiger charge is 2.28. The third kappa shape index (κ3) is 2.33. The van der Waals surface area contributed by atoms with Crippen LogP contribution in [0.2, 0.25) is 0 Å². The molecule has 2 unspecified atom stereocenters. The van der Waals surface area contributed by atoms with Crippen molar-refractivity contribution in [3.05, 3.63) is 0 Å². The molecule has 4 nitrogen and oxygen atoms in total. The first-order chi connectivity index (χ1) is 6.38. The minimum absolute atomic E-state index is 0.0480. The lowest BCUT2D eigenvalue weighted by atomic mass is 10.2. The lowest BCUT2D eigenvalue weighted by Crippen LogP contribution is -2.64. The molecule has 0 saturated carbocycles. The summed E-state index contributed by atoms with van der Waals surface area (Å²) in [5.41, 5.74) is 0.0480. The number of hydrogen-bond donors (Lipinski definition) is 3. The molecule has 0 spiro atoms. The summed E-state index contributed by atoms with van der Waals surface area (Å²) in [6.45, 7) is 6.29. The van der Waals surface area contributed by atoms with Gasteiger partial charge in [0.05, 0.1) is 6.17 Å². The standard InChI is InChI=1S/C8H17ClN4/c9-7-8(12-2-1-11-7)13-5-3-10-4-6-13/h7-8,10-12H,1-6H2. The molecule has 5 heteroatoms. The van der Waals surface area contributed by atoms with E-state index in [-0.39, 0.29) is 5.50 Å². The maximum absolute atomic E-state index is 6.18. The molecule has 2 aliphatic rings. The Morgan fingerprint density at radius 3 is 2.38 bits per heavy atom. The molecule has 76 valence electrons. The van der Waals surface area contributed by atoms with E-state index in [0.717, 1.165) is 39.3 Å². The SMILES string of the molecule is ClC1NCCNC1N1CCNCC1. The molecular formula is C8H17ClN4. The monoisotopic (exact) mass is 204 g/mol. The third-order valence-corrected chi connectivity index (χ3v) is 3.03. The first-order valence-corrected chi connectivity index (χ1v) is 5.37. The van der Waals surface area contributed by atoms with Crippen LogP contribution in [0.25, 0.3) is 0 Å². The number of rotatable bonds is 1. The molecule has 0 aliphatic carbocycles. The normalized spacial score (nSPS) is 37.6. The highest BCUT2D eigenvalue weighted by molar-refractivity contribution is 6.20. The predicted molar refractivity (Wildman–Crippen MR) is 53.9 cm³/mol. The smallest absolute Gasteiger partial charge is 0.112 e. The van der Waals surface area contributed by atoms with Gasteiger partial charge in [-0.1, -0.05) is 0 Å². The van der Waals surface area contributed by atoms with Crippen molar-refractivity contribution in [1.29, 1.82) is 0 Å². The summed E-state index contributed by atoms with van der Waals surface area (Å²) < 4.78 is 0. The molecule has 2 aliphatic heterocycles. The van der Waals surface area contributed by atoms with Crippen LogP contribution in [0.5, 0.6) is 0 Å². The second-order valence-corrected chi connectivity index (χ2v) is 4.01. The zero-order valence-electron chi connectivity index (χ0n) is 7.72. The van der Waals surface area contributed by atoms with Gasteiger partial charge in [-0.15, -0.1) is 11.6 Å². The Kier molecular flexibility index (Phi) is 3.40. The Bertz CT molecular complexity index is 160. The van der Waals surface area contributed by atoms with E-state index in [4.69, 9.17) is 11.6 Å². The maximum atomic E-state index is 6.18. The van der Waals surface area contributed by atoms with Crippen molar-refractivity contribution in [3.8, 4) is 0 Å². The van der Waals surface area contributed by atoms with Gasteiger partial charge in [-0.25, -0.2) is 0 Å². The second-order valence-electron chi connectivity index (χ2n) is 3.54. The molecule has 2 heterocycles. The Labute approximate surface area is 84.0 Å². The molecule has 0 aromatic carbocycles. The number of halogens is 1. The van der Waals surface area contributed by atoms with Crippen LogP contribution in [-0.4, -0.2) is 55.8 Å². The van der Waals surface area contributed by atoms with E-state index in [0.29, 0.717) is 6.17 Å². The van der Waals surface area contributed by atoms with Crippen LogP contribution >= 0.6 is 11.6 Å². The molecular weight excluding hydrogens is 188 g/mol. The first-order valence-electron chi connectivity index (χ1n) is 4.93. The van der Waals surface area contributed by atoms with Gasteiger partial charge in [0.25, 0.3) is 0 Å². The van der Waals surface area contributed by atoms with Crippen molar-refractivity contribution in [2.75, 3.05) is 39.3 Å². The number of alkyl halides is 1. The number of nitrogens with zero attached hydrogens (tertiary/aromatic N) is 1. The fourth-order valence-corrected chi connectivity index (χ4v) is 2.28. The van der Waals surface area contributed by atoms with Crippen molar-refractivity contribution in [3.63, 3.8) is 0 Å². The van der Waals surface area contributed by atoms with Crippen molar-refractivity contribution < 1.29 is 0 Å². The maximum Gasteiger partial charge on any atom is 0.112 e. The van der Waals surface area contributed by atoms with Crippen LogP contribution < -0.4 is 16.0 Å². The Balaban J connectivity index is 1.88. The molecule has 0 radical (unpaired) electrons. The third-order valence-electron chi connectivity index (χ3n) is 2.64. The average Bonchev–Trinajstić information content (AvgIpc) is 2.20. The largest absolute Gasteiger partial charge is 0.314 e. The van der Waals surface area contributed by atoms with Crippen molar-refractivity contribution in [1.82, 2.24) is 20.9 Å². The fraction of sp³-hybridized carbons (Fsp3) is 1.00.